The van der Waals surface area contributed by atoms with Gasteiger partial charge in [-0.05, 0) is 19.1 Å². The molecule has 0 bridgehead atoms. The maximum atomic E-state index is 11.6. The smallest absolute Gasteiger partial charge is 0.260 e. The minimum absolute atomic E-state index is 0.00761. The first-order valence-corrected chi connectivity index (χ1v) is 5.31. The highest BCUT2D eigenvalue weighted by atomic mass is 16.5. The lowest BCUT2D eigenvalue weighted by atomic mass is 9.94. The molecule has 2 rings (SSSR count). The molecule has 1 heterocycles. The molecule has 0 aromatic heterocycles. The van der Waals surface area contributed by atoms with Crippen LogP contribution < -0.4 is 10.5 Å². The van der Waals surface area contributed by atoms with Crippen LogP contribution in [0.15, 0.2) is 30.3 Å². The number of nitrogens with zero attached hydrogens (tertiary/aromatic N) is 1. The van der Waals surface area contributed by atoms with Crippen molar-refractivity contribution in [3.63, 3.8) is 0 Å². The number of carbonyl (C=O) groups is 1. The molecule has 2 N–H and O–H groups in total. The molecule has 1 aromatic carbocycles. The van der Waals surface area contributed by atoms with Gasteiger partial charge in [0.2, 0.25) is 0 Å². The highest BCUT2D eigenvalue weighted by molar-refractivity contribution is 5.79. The van der Waals surface area contributed by atoms with Crippen molar-refractivity contribution < 1.29 is 9.53 Å². The number of likely N-dealkylation sites (tertiary alicyclic amines) is 1. The molecular formula is C12H16N2O2. The fraction of sp³-hybridized carbons (Fsp3) is 0.417. The molecule has 0 spiro atoms. The zero-order chi connectivity index (χ0) is 11.6. The first kappa shape index (κ1) is 11.0. The van der Waals surface area contributed by atoms with Gasteiger partial charge >= 0.3 is 0 Å². The van der Waals surface area contributed by atoms with E-state index in [4.69, 9.17) is 10.5 Å². The molecule has 1 fully saturated rings. The minimum atomic E-state index is -0.220. The number of hydrogen-bond donors (Lipinski definition) is 1. The number of amides is 1. The lowest BCUT2D eigenvalue weighted by molar-refractivity contribution is -0.140. The second-order valence-corrected chi connectivity index (χ2v) is 4.51. The average molecular weight is 220 g/mol. The number of nitrogens with two attached hydrogens (primary N) is 1. The predicted molar refractivity (Wildman–Crippen MR) is 61.1 cm³/mol. The van der Waals surface area contributed by atoms with E-state index in [0.29, 0.717) is 18.8 Å². The molecule has 0 atom stereocenters. The van der Waals surface area contributed by atoms with Crippen LogP contribution in [0.25, 0.3) is 0 Å². The quantitative estimate of drug-likeness (QED) is 0.812. The Kier molecular flexibility index (Phi) is 2.83. The van der Waals surface area contributed by atoms with E-state index in [-0.39, 0.29) is 18.1 Å². The fourth-order valence-electron chi connectivity index (χ4n) is 1.76. The predicted octanol–water partition coefficient (Wildman–Crippen LogP) is 0.625. The van der Waals surface area contributed by atoms with Gasteiger partial charge in [0.1, 0.15) is 5.75 Å². The van der Waals surface area contributed by atoms with Gasteiger partial charge in [-0.3, -0.25) is 4.79 Å². The van der Waals surface area contributed by atoms with Crippen LogP contribution in [0.5, 0.6) is 5.75 Å². The van der Waals surface area contributed by atoms with Crippen molar-refractivity contribution in [3.05, 3.63) is 30.3 Å². The van der Waals surface area contributed by atoms with Gasteiger partial charge in [-0.25, -0.2) is 0 Å². The van der Waals surface area contributed by atoms with Crippen LogP contribution in [0.2, 0.25) is 0 Å². The lowest BCUT2D eigenvalue weighted by Crippen LogP contribution is -2.67. The first-order valence-electron chi connectivity index (χ1n) is 5.31. The van der Waals surface area contributed by atoms with Crippen LogP contribution in [0, 0.1) is 0 Å². The van der Waals surface area contributed by atoms with Crippen molar-refractivity contribution in [2.75, 3.05) is 19.7 Å². The maximum Gasteiger partial charge on any atom is 0.260 e. The fourth-order valence-corrected chi connectivity index (χ4v) is 1.76. The summed E-state index contributed by atoms with van der Waals surface area (Å²) < 4.78 is 5.36. The van der Waals surface area contributed by atoms with E-state index in [0.717, 1.165) is 0 Å². The van der Waals surface area contributed by atoms with Crippen LogP contribution in [0.4, 0.5) is 0 Å². The van der Waals surface area contributed by atoms with Crippen LogP contribution >= 0.6 is 0 Å². The number of hydrogen-bond acceptors (Lipinski definition) is 3. The molecular weight excluding hydrogens is 204 g/mol. The topological polar surface area (TPSA) is 55.6 Å². The number of carbonyl (C=O) groups excluding carboxylic acids is 1. The monoisotopic (exact) mass is 220 g/mol. The largest absolute Gasteiger partial charge is 0.484 e. The number of benzene rings is 1. The normalized spacial score (nSPS) is 17.8. The van der Waals surface area contributed by atoms with Gasteiger partial charge in [0.25, 0.3) is 5.91 Å². The molecule has 16 heavy (non-hydrogen) atoms. The summed E-state index contributed by atoms with van der Waals surface area (Å²) in [7, 11) is 0. The summed E-state index contributed by atoms with van der Waals surface area (Å²) in [6, 6.07) is 9.32. The molecule has 1 saturated heterocycles. The molecule has 0 radical (unpaired) electrons. The highest BCUT2D eigenvalue weighted by Gasteiger charge is 2.37. The van der Waals surface area contributed by atoms with E-state index in [9.17, 15) is 4.79 Å². The SMILES string of the molecule is CC1(N)CN(C(=O)COc2ccccc2)C1. The first-order chi connectivity index (χ1) is 7.57. The Morgan fingerprint density at radius 2 is 2.06 bits per heavy atom. The Balaban J connectivity index is 1.77. The third-order valence-corrected chi connectivity index (χ3v) is 2.56. The van der Waals surface area contributed by atoms with Gasteiger partial charge in [-0.2, -0.15) is 0 Å². The third-order valence-electron chi connectivity index (χ3n) is 2.56. The van der Waals surface area contributed by atoms with Gasteiger partial charge < -0.3 is 15.4 Å². The lowest BCUT2D eigenvalue weighted by Gasteiger charge is -2.45. The van der Waals surface area contributed by atoms with Crippen molar-refractivity contribution in [2.45, 2.75) is 12.5 Å². The van der Waals surface area contributed by atoms with Crippen LogP contribution in [0.3, 0.4) is 0 Å². The maximum absolute atomic E-state index is 11.6. The van der Waals surface area contributed by atoms with E-state index in [2.05, 4.69) is 0 Å². The Bertz CT molecular complexity index is 368. The van der Waals surface area contributed by atoms with Gasteiger partial charge in [-0.15, -0.1) is 0 Å². The van der Waals surface area contributed by atoms with E-state index < -0.39 is 0 Å². The molecule has 4 heteroatoms. The van der Waals surface area contributed by atoms with Gasteiger partial charge in [0.05, 0.1) is 0 Å². The van der Waals surface area contributed by atoms with Gasteiger partial charge in [0, 0.05) is 18.6 Å². The standard InChI is InChI=1S/C12H16N2O2/c1-12(13)8-14(9-12)11(15)7-16-10-5-3-2-4-6-10/h2-6H,7-9,13H2,1H3. The van der Waals surface area contributed by atoms with Crippen LogP contribution in [-0.2, 0) is 4.79 Å². The molecule has 1 amide bonds. The third kappa shape index (κ3) is 2.52. The van der Waals surface area contributed by atoms with Gasteiger partial charge in [0.15, 0.2) is 6.61 Å². The zero-order valence-corrected chi connectivity index (χ0v) is 9.35. The van der Waals surface area contributed by atoms with Crippen molar-refractivity contribution >= 4 is 5.91 Å². The average Bonchev–Trinajstić information content (AvgIpc) is 2.24. The van der Waals surface area contributed by atoms with E-state index in [1.54, 1.807) is 4.90 Å². The zero-order valence-electron chi connectivity index (χ0n) is 9.35. The van der Waals surface area contributed by atoms with E-state index >= 15 is 0 Å². The van der Waals surface area contributed by atoms with E-state index in [1.807, 2.05) is 37.3 Å². The Hall–Kier alpha value is -1.55. The van der Waals surface area contributed by atoms with Crippen molar-refractivity contribution in [3.8, 4) is 5.75 Å². The number of ether oxygens (including phenoxy) is 1. The molecule has 1 aromatic rings. The Labute approximate surface area is 95.0 Å². The molecule has 1 aliphatic heterocycles. The number of rotatable bonds is 3. The molecule has 0 aliphatic carbocycles. The Morgan fingerprint density at radius 3 is 2.62 bits per heavy atom. The summed E-state index contributed by atoms with van der Waals surface area (Å²) in [6.07, 6.45) is 0. The summed E-state index contributed by atoms with van der Waals surface area (Å²) in [5.74, 6) is 0.707. The molecule has 0 saturated carbocycles. The summed E-state index contributed by atoms with van der Waals surface area (Å²) in [5, 5.41) is 0. The second-order valence-electron chi connectivity index (χ2n) is 4.51. The Morgan fingerprint density at radius 1 is 1.44 bits per heavy atom. The van der Waals surface area contributed by atoms with Crippen molar-refractivity contribution in [1.29, 1.82) is 0 Å². The van der Waals surface area contributed by atoms with Crippen molar-refractivity contribution in [1.82, 2.24) is 4.90 Å². The van der Waals surface area contributed by atoms with E-state index in [1.165, 1.54) is 0 Å². The van der Waals surface area contributed by atoms with Crippen LogP contribution in [0.1, 0.15) is 6.92 Å². The summed E-state index contributed by atoms with van der Waals surface area (Å²) in [6.45, 7) is 3.25. The molecule has 4 nitrogen and oxygen atoms in total. The van der Waals surface area contributed by atoms with Crippen LogP contribution in [-0.4, -0.2) is 36.0 Å². The highest BCUT2D eigenvalue weighted by Crippen LogP contribution is 2.17. The molecule has 1 aliphatic rings. The molecule has 0 unspecified atom stereocenters. The second kappa shape index (κ2) is 4.14. The summed E-state index contributed by atoms with van der Waals surface area (Å²) in [5.41, 5.74) is 5.60. The summed E-state index contributed by atoms with van der Waals surface area (Å²) >= 11 is 0. The summed E-state index contributed by atoms with van der Waals surface area (Å²) in [4.78, 5) is 13.3. The van der Waals surface area contributed by atoms with Gasteiger partial charge in [-0.1, -0.05) is 18.2 Å². The molecule has 86 valence electrons. The minimum Gasteiger partial charge on any atom is -0.484 e. The van der Waals surface area contributed by atoms with Crippen molar-refractivity contribution in [2.24, 2.45) is 5.73 Å². The number of para-hydroxylation sites is 1.